The molecule has 1 atom stereocenters. The first kappa shape index (κ1) is 14.5. The number of aromatic nitrogens is 1. The van der Waals surface area contributed by atoms with E-state index in [0.29, 0.717) is 6.04 Å². The van der Waals surface area contributed by atoms with E-state index >= 15 is 0 Å². The Labute approximate surface area is 121 Å². The van der Waals surface area contributed by atoms with Crippen molar-refractivity contribution in [1.82, 2.24) is 10.3 Å². The number of rotatable bonds is 6. The van der Waals surface area contributed by atoms with Crippen LogP contribution in [0.3, 0.4) is 0 Å². The number of para-hydroxylation sites is 1. The Morgan fingerprint density at radius 1 is 1.15 bits per heavy atom. The van der Waals surface area contributed by atoms with Crippen molar-refractivity contribution in [2.75, 3.05) is 18.5 Å². The van der Waals surface area contributed by atoms with E-state index < -0.39 is 0 Å². The van der Waals surface area contributed by atoms with Crippen LogP contribution in [-0.2, 0) is 0 Å². The molecule has 0 saturated carbocycles. The summed E-state index contributed by atoms with van der Waals surface area (Å²) in [5, 5.41) is 3.48. The third kappa shape index (κ3) is 3.58. The molecule has 1 N–H and O–H groups in total. The molecule has 0 amide bonds. The summed E-state index contributed by atoms with van der Waals surface area (Å²) in [6, 6.07) is 14.8. The van der Waals surface area contributed by atoms with Gasteiger partial charge in [0.1, 0.15) is 5.82 Å². The molecular formula is C17H23N3. The van der Waals surface area contributed by atoms with Gasteiger partial charge in [-0.15, -0.1) is 0 Å². The van der Waals surface area contributed by atoms with Gasteiger partial charge >= 0.3 is 0 Å². The topological polar surface area (TPSA) is 28.2 Å². The number of benzene rings is 1. The standard InChI is InChI=1S/C17H23N3/c1-4-12-18-14(2)15-10-11-17(19-13-15)20(3)16-8-6-5-7-9-16/h5-11,13-14,18H,4,12H2,1-3H3. The van der Waals surface area contributed by atoms with E-state index in [2.05, 4.69) is 53.3 Å². The lowest BCUT2D eigenvalue weighted by Gasteiger charge is -2.19. The molecular weight excluding hydrogens is 246 g/mol. The average Bonchev–Trinajstić information content (AvgIpc) is 2.53. The van der Waals surface area contributed by atoms with E-state index in [1.54, 1.807) is 0 Å². The van der Waals surface area contributed by atoms with Gasteiger partial charge in [-0.3, -0.25) is 0 Å². The smallest absolute Gasteiger partial charge is 0.132 e. The fourth-order valence-electron chi connectivity index (χ4n) is 2.11. The Kier molecular flexibility index (Phi) is 5.13. The van der Waals surface area contributed by atoms with Gasteiger partial charge in [0, 0.05) is 25.0 Å². The van der Waals surface area contributed by atoms with Crippen molar-refractivity contribution in [3.63, 3.8) is 0 Å². The first-order valence-corrected chi connectivity index (χ1v) is 7.20. The molecule has 0 aliphatic carbocycles. The van der Waals surface area contributed by atoms with Crippen molar-refractivity contribution < 1.29 is 0 Å². The summed E-state index contributed by atoms with van der Waals surface area (Å²) in [4.78, 5) is 6.66. The molecule has 2 aromatic rings. The highest BCUT2D eigenvalue weighted by Crippen LogP contribution is 2.22. The summed E-state index contributed by atoms with van der Waals surface area (Å²) in [5.74, 6) is 0.961. The van der Waals surface area contributed by atoms with Gasteiger partial charge in [-0.25, -0.2) is 4.98 Å². The second-order valence-corrected chi connectivity index (χ2v) is 5.02. The molecule has 0 saturated heterocycles. The molecule has 20 heavy (non-hydrogen) atoms. The summed E-state index contributed by atoms with van der Waals surface area (Å²) in [6.07, 6.45) is 3.11. The Morgan fingerprint density at radius 2 is 1.90 bits per heavy atom. The largest absolute Gasteiger partial charge is 0.329 e. The van der Waals surface area contributed by atoms with Crippen LogP contribution in [0.4, 0.5) is 11.5 Å². The summed E-state index contributed by atoms with van der Waals surface area (Å²) in [7, 11) is 2.04. The maximum absolute atomic E-state index is 4.57. The van der Waals surface area contributed by atoms with E-state index in [1.807, 2.05) is 31.4 Å². The SMILES string of the molecule is CCCNC(C)c1ccc(N(C)c2ccccc2)nc1. The lowest BCUT2D eigenvalue weighted by Crippen LogP contribution is -2.19. The molecule has 0 spiro atoms. The van der Waals surface area contributed by atoms with Crippen LogP contribution in [0.5, 0.6) is 0 Å². The third-order valence-corrected chi connectivity index (χ3v) is 3.46. The molecule has 0 aliphatic rings. The van der Waals surface area contributed by atoms with Crippen LogP contribution >= 0.6 is 0 Å². The second kappa shape index (κ2) is 7.06. The number of pyridine rings is 1. The minimum atomic E-state index is 0.346. The van der Waals surface area contributed by atoms with Gasteiger partial charge in [-0.2, -0.15) is 0 Å². The van der Waals surface area contributed by atoms with E-state index in [9.17, 15) is 0 Å². The van der Waals surface area contributed by atoms with Crippen LogP contribution < -0.4 is 10.2 Å². The molecule has 0 aliphatic heterocycles. The normalized spacial score (nSPS) is 12.2. The number of nitrogens with one attached hydrogen (secondary N) is 1. The Bertz CT molecular complexity index is 508. The van der Waals surface area contributed by atoms with Crippen molar-refractivity contribution in [2.24, 2.45) is 0 Å². The molecule has 0 fully saturated rings. The minimum Gasteiger partial charge on any atom is -0.329 e. The molecule has 3 heteroatoms. The number of hydrogen-bond donors (Lipinski definition) is 1. The summed E-state index contributed by atoms with van der Waals surface area (Å²) in [5.41, 5.74) is 2.37. The van der Waals surface area contributed by atoms with Crippen LogP contribution in [0.15, 0.2) is 48.7 Å². The molecule has 0 bridgehead atoms. The highest BCUT2D eigenvalue weighted by Gasteiger charge is 2.07. The second-order valence-electron chi connectivity index (χ2n) is 5.02. The van der Waals surface area contributed by atoms with Crippen molar-refractivity contribution in [2.45, 2.75) is 26.3 Å². The third-order valence-electron chi connectivity index (χ3n) is 3.46. The lowest BCUT2D eigenvalue weighted by molar-refractivity contribution is 0.569. The maximum Gasteiger partial charge on any atom is 0.132 e. The van der Waals surface area contributed by atoms with Gasteiger partial charge in [-0.1, -0.05) is 31.2 Å². The average molecular weight is 269 g/mol. The van der Waals surface area contributed by atoms with Crippen LogP contribution in [0.2, 0.25) is 0 Å². The van der Waals surface area contributed by atoms with Gasteiger partial charge < -0.3 is 10.2 Å². The highest BCUT2D eigenvalue weighted by molar-refractivity contribution is 5.58. The van der Waals surface area contributed by atoms with E-state index in [-0.39, 0.29) is 0 Å². The molecule has 3 nitrogen and oxygen atoms in total. The van der Waals surface area contributed by atoms with Crippen molar-refractivity contribution in [3.8, 4) is 0 Å². The molecule has 1 unspecified atom stereocenters. The highest BCUT2D eigenvalue weighted by atomic mass is 15.2. The molecule has 2 rings (SSSR count). The predicted molar refractivity (Wildman–Crippen MR) is 85.5 cm³/mol. The van der Waals surface area contributed by atoms with Crippen molar-refractivity contribution >= 4 is 11.5 Å². The monoisotopic (exact) mass is 269 g/mol. The van der Waals surface area contributed by atoms with Gasteiger partial charge in [0.05, 0.1) is 0 Å². The molecule has 1 aromatic carbocycles. The Morgan fingerprint density at radius 3 is 2.50 bits per heavy atom. The van der Waals surface area contributed by atoms with Crippen LogP contribution in [-0.4, -0.2) is 18.6 Å². The van der Waals surface area contributed by atoms with Crippen molar-refractivity contribution in [3.05, 3.63) is 54.2 Å². The van der Waals surface area contributed by atoms with Crippen LogP contribution in [0.25, 0.3) is 0 Å². The first-order chi connectivity index (χ1) is 9.72. The molecule has 1 aromatic heterocycles. The summed E-state index contributed by atoms with van der Waals surface area (Å²) < 4.78 is 0. The molecule has 1 heterocycles. The molecule has 106 valence electrons. The predicted octanol–water partition coefficient (Wildman–Crippen LogP) is 3.91. The summed E-state index contributed by atoms with van der Waals surface area (Å²) in [6.45, 7) is 5.38. The van der Waals surface area contributed by atoms with E-state index in [1.165, 1.54) is 5.56 Å². The van der Waals surface area contributed by atoms with Crippen LogP contribution in [0, 0.1) is 0 Å². The van der Waals surface area contributed by atoms with Gasteiger partial charge in [0.25, 0.3) is 0 Å². The minimum absolute atomic E-state index is 0.346. The van der Waals surface area contributed by atoms with E-state index in [4.69, 9.17) is 0 Å². The lowest BCUT2D eigenvalue weighted by atomic mass is 10.1. The first-order valence-electron chi connectivity index (χ1n) is 7.20. The summed E-state index contributed by atoms with van der Waals surface area (Å²) >= 11 is 0. The Hall–Kier alpha value is -1.87. The fraction of sp³-hybridized carbons (Fsp3) is 0.353. The van der Waals surface area contributed by atoms with Crippen molar-refractivity contribution in [1.29, 1.82) is 0 Å². The number of hydrogen-bond acceptors (Lipinski definition) is 3. The van der Waals surface area contributed by atoms with E-state index in [0.717, 1.165) is 24.5 Å². The molecule has 0 radical (unpaired) electrons. The zero-order valence-corrected chi connectivity index (χ0v) is 12.5. The zero-order chi connectivity index (χ0) is 14.4. The number of anilines is 2. The zero-order valence-electron chi connectivity index (χ0n) is 12.5. The number of nitrogens with zero attached hydrogens (tertiary/aromatic N) is 2. The van der Waals surface area contributed by atoms with Gasteiger partial charge in [-0.05, 0) is 43.7 Å². The fourth-order valence-corrected chi connectivity index (χ4v) is 2.11. The quantitative estimate of drug-likeness (QED) is 0.861. The van der Waals surface area contributed by atoms with Crippen LogP contribution in [0.1, 0.15) is 31.9 Å². The maximum atomic E-state index is 4.57. The Balaban J connectivity index is 2.08. The van der Waals surface area contributed by atoms with Gasteiger partial charge in [0.15, 0.2) is 0 Å². The van der Waals surface area contributed by atoms with Gasteiger partial charge in [0.2, 0.25) is 0 Å².